The number of rotatable bonds is 8. The number of methoxy groups -OCH3 is 1. The molecule has 1 heterocycles. The molecule has 0 bridgehead atoms. The zero-order chi connectivity index (χ0) is 21.0. The number of esters is 1. The number of anilines is 1. The predicted molar refractivity (Wildman–Crippen MR) is 110 cm³/mol. The quantitative estimate of drug-likeness (QED) is 0.645. The van der Waals surface area contributed by atoms with Crippen molar-refractivity contribution in [2.75, 3.05) is 19.0 Å². The van der Waals surface area contributed by atoms with Gasteiger partial charge in [-0.1, -0.05) is 12.1 Å². The largest absolute Gasteiger partial charge is 0.497 e. The Labute approximate surface area is 173 Å². The number of amides is 2. The molecular weight excluding hydrogens is 392 g/mol. The van der Waals surface area contributed by atoms with Crippen molar-refractivity contribution >= 4 is 34.1 Å². The van der Waals surface area contributed by atoms with E-state index in [-0.39, 0.29) is 11.8 Å². The third-order valence-electron chi connectivity index (χ3n) is 4.73. The molecule has 0 aliphatic heterocycles. The number of carbonyl (C=O) groups excluding carboxylic acids is 3. The molecule has 29 heavy (non-hydrogen) atoms. The lowest BCUT2D eigenvalue weighted by Gasteiger charge is -2.09. The normalized spacial score (nSPS) is 12.9. The first-order chi connectivity index (χ1) is 13.9. The van der Waals surface area contributed by atoms with Crippen LogP contribution in [0.5, 0.6) is 5.75 Å². The van der Waals surface area contributed by atoms with Crippen LogP contribution in [0.25, 0.3) is 0 Å². The molecule has 0 saturated heterocycles. The van der Waals surface area contributed by atoms with Crippen molar-refractivity contribution in [2.45, 2.75) is 33.2 Å². The summed E-state index contributed by atoms with van der Waals surface area (Å²) in [6.07, 6.45) is 1.75. The van der Waals surface area contributed by atoms with E-state index in [1.807, 2.05) is 31.2 Å². The molecule has 2 N–H and O–H groups in total. The Morgan fingerprint density at radius 3 is 2.66 bits per heavy atom. The number of carbonyl (C=O) groups is 3. The first-order valence-electron chi connectivity index (χ1n) is 9.36. The maximum atomic E-state index is 12.6. The Hall–Kier alpha value is -2.87. The van der Waals surface area contributed by atoms with Crippen LogP contribution in [0.3, 0.4) is 0 Å². The van der Waals surface area contributed by atoms with Crippen LogP contribution in [0.1, 0.15) is 39.2 Å². The van der Waals surface area contributed by atoms with Gasteiger partial charge in [0, 0.05) is 17.3 Å². The predicted octanol–water partition coefficient (Wildman–Crippen LogP) is 3.20. The van der Waals surface area contributed by atoms with Crippen LogP contribution in [0.2, 0.25) is 0 Å². The number of aryl methyl sites for hydroxylation is 1. The van der Waals surface area contributed by atoms with Gasteiger partial charge < -0.3 is 20.1 Å². The molecule has 3 rings (SSSR count). The van der Waals surface area contributed by atoms with Crippen LogP contribution >= 0.6 is 11.3 Å². The fraction of sp³-hybridized carbons (Fsp3) is 0.381. The average Bonchev–Trinajstić information content (AvgIpc) is 3.52. The van der Waals surface area contributed by atoms with Gasteiger partial charge in [0.15, 0.2) is 6.61 Å². The number of thiophene rings is 1. The Morgan fingerprint density at radius 2 is 1.97 bits per heavy atom. The van der Waals surface area contributed by atoms with Gasteiger partial charge in [-0.2, -0.15) is 0 Å². The zero-order valence-electron chi connectivity index (χ0n) is 16.7. The maximum absolute atomic E-state index is 12.6. The van der Waals surface area contributed by atoms with Crippen LogP contribution in [-0.2, 0) is 20.9 Å². The lowest BCUT2D eigenvalue weighted by atomic mass is 10.1. The minimum atomic E-state index is -0.616. The molecule has 1 aromatic heterocycles. The summed E-state index contributed by atoms with van der Waals surface area (Å²) in [4.78, 5) is 37.6. The topological polar surface area (TPSA) is 93.7 Å². The molecule has 0 unspecified atom stereocenters. The van der Waals surface area contributed by atoms with Crippen molar-refractivity contribution in [2.24, 2.45) is 5.92 Å². The van der Waals surface area contributed by atoms with Gasteiger partial charge in [-0.05, 0) is 49.9 Å². The third-order valence-corrected chi connectivity index (χ3v) is 5.86. The Bertz CT molecular complexity index is 933. The SMILES string of the molecule is COc1cccc(CNC(=O)COC(=O)c2c(NC(=O)C3CC3)sc(C)c2C)c1. The number of ether oxygens (including phenoxy) is 2. The summed E-state index contributed by atoms with van der Waals surface area (Å²) in [5.41, 5.74) is 1.95. The molecule has 7 nitrogen and oxygen atoms in total. The van der Waals surface area contributed by atoms with Gasteiger partial charge >= 0.3 is 5.97 Å². The molecule has 1 saturated carbocycles. The van der Waals surface area contributed by atoms with Gasteiger partial charge in [0.25, 0.3) is 5.91 Å². The standard InChI is InChI=1S/C21H24N2O5S/c1-12-13(2)29-20(23-19(25)15-7-8-15)18(12)21(26)28-11-17(24)22-10-14-5-4-6-16(9-14)27-3/h4-6,9,15H,7-8,10-11H2,1-3H3,(H,22,24)(H,23,25). The average molecular weight is 416 g/mol. The smallest absolute Gasteiger partial charge is 0.341 e. The summed E-state index contributed by atoms with van der Waals surface area (Å²) >= 11 is 1.34. The van der Waals surface area contributed by atoms with Crippen LogP contribution in [0.4, 0.5) is 5.00 Å². The molecule has 8 heteroatoms. The molecule has 154 valence electrons. The number of hydrogen-bond acceptors (Lipinski definition) is 6. The molecule has 2 aromatic rings. The Balaban J connectivity index is 1.55. The first kappa shape index (κ1) is 20.9. The van der Waals surface area contributed by atoms with Crippen LogP contribution < -0.4 is 15.4 Å². The van der Waals surface area contributed by atoms with Crippen LogP contribution in [0.15, 0.2) is 24.3 Å². The van der Waals surface area contributed by atoms with Crippen molar-refractivity contribution in [1.82, 2.24) is 5.32 Å². The molecule has 1 fully saturated rings. The molecular formula is C21H24N2O5S. The van der Waals surface area contributed by atoms with Gasteiger partial charge in [-0.3, -0.25) is 9.59 Å². The fourth-order valence-electron chi connectivity index (χ4n) is 2.76. The van der Waals surface area contributed by atoms with Gasteiger partial charge in [0.1, 0.15) is 10.8 Å². The molecule has 1 aliphatic rings. The van der Waals surface area contributed by atoms with Crippen molar-refractivity contribution in [3.05, 3.63) is 45.8 Å². The van der Waals surface area contributed by atoms with Crippen LogP contribution in [-0.4, -0.2) is 31.5 Å². The highest BCUT2D eigenvalue weighted by Gasteiger charge is 2.31. The van der Waals surface area contributed by atoms with E-state index in [9.17, 15) is 14.4 Å². The summed E-state index contributed by atoms with van der Waals surface area (Å²) < 4.78 is 10.3. The van der Waals surface area contributed by atoms with Crippen molar-refractivity contribution in [3.63, 3.8) is 0 Å². The van der Waals surface area contributed by atoms with E-state index in [1.165, 1.54) is 11.3 Å². The number of hydrogen-bond donors (Lipinski definition) is 2. The summed E-state index contributed by atoms with van der Waals surface area (Å²) in [5, 5.41) is 6.02. The number of benzene rings is 1. The minimum absolute atomic E-state index is 0.0315. The first-order valence-corrected chi connectivity index (χ1v) is 10.2. The lowest BCUT2D eigenvalue weighted by molar-refractivity contribution is -0.124. The summed E-state index contributed by atoms with van der Waals surface area (Å²) in [6, 6.07) is 7.33. The van der Waals surface area contributed by atoms with E-state index in [1.54, 1.807) is 14.0 Å². The van der Waals surface area contributed by atoms with E-state index in [2.05, 4.69) is 10.6 Å². The van der Waals surface area contributed by atoms with Gasteiger partial charge in [0.05, 0.1) is 12.7 Å². The van der Waals surface area contributed by atoms with Crippen molar-refractivity contribution in [1.29, 1.82) is 0 Å². The molecule has 0 atom stereocenters. The van der Waals surface area contributed by atoms with E-state index in [4.69, 9.17) is 9.47 Å². The molecule has 0 radical (unpaired) electrons. The van der Waals surface area contributed by atoms with Crippen molar-refractivity contribution < 1.29 is 23.9 Å². The van der Waals surface area contributed by atoms with Gasteiger partial charge in [0.2, 0.25) is 5.91 Å². The lowest BCUT2D eigenvalue weighted by Crippen LogP contribution is -2.28. The van der Waals surface area contributed by atoms with E-state index in [0.717, 1.165) is 28.8 Å². The second-order valence-corrected chi connectivity index (χ2v) is 8.18. The molecule has 0 spiro atoms. The monoisotopic (exact) mass is 416 g/mol. The maximum Gasteiger partial charge on any atom is 0.341 e. The van der Waals surface area contributed by atoms with Gasteiger partial charge in [-0.25, -0.2) is 4.79 Å². The molecule has 1 aromatic carbocycles. The van der Waals surface area contributed by atoms with Gasteiger partial charge in [-0.15, -0.1) is 11.3 Å². The van der Waals surface area contributed by atoms with E-state index >= 15 is 0 Å². The highest BCUT2D eigenvalue weighted by atomic mass is 32.1. The van der Waals surface area contributed by atoms with E-state index in [0.29, 0.717) is 22.9 Å². The minimum Gasteiger partial charge on any atom is -0.497 e. The Morgan fingerprint density at radius 1 is 1.21 bits per heavy atom. The van der Waals surface area contributed by atoms with E-state index < -0.39 is 18.5 Å². The second kappa shape index (κ2) is 9.09. The van der Waals surface area contributed by atoms with Crippen LogP contribution in [0, 0.1) is 19.8 Å². The highest BCUT2D eigenvalue weighted by Crippen LogP contribution is 2.36. The third kappa shape index (κ3) is 5.35. The second-order valence-electron chi connectivity index (χ2n) is 6.96. The Kier molecular flexibility index (Phi) is 6.53. The fourth-order valence-corrected chi connectivity index (χ4v) is 3.81. The summed E-state index contributed by atoms with van der Waals surface area (Å²) in [7, 11) is 1.58. The molecule has 1 aliphatic carbocycles. The molecule has 2 amide bonds. The van der Waals surface area contributed by atoms with Crippen molar-refractivity contribution in [3.8, 4) is 5.75 Å². The highest BCUT2D eigenvalue weighted by molar-refractivity contribution is 7.16. The summed E-state index contributed by atoms with van der Waals surface area (Å²) in [5.74, 6) is -0.364. The summed E-state index contributed by atoms with van der Waals surface area (Å²) in [6.45, 7) is 3.59. The zero-order valence-corrected chi connectivity index (χ0v) is 17.5. The number of nitrogens with one attached hydrogen (secondary N) is 2.